The predicted octanol–water partition coefficient (Wildman–Crippen LogP) is 5.03. The van der Waals surface area contributed by atoms with Gasteiger partial charge in [0.2, 0.25) is 0 Å². The Morgan fingerprint density at radius 3 is 2.65 bits per heavy atom. The first-order chi connectivity index (χ1) is 11.2. The molecule has 2 heterocycles. The fourth-order valence-corrected chi connectivity index (χ4v) is 6.81. The zero-order valence-electron chi connectivity index (χ0n) is 14.1. The van der Waals surface area contributed by atoms with Crippen molar-refractivity contribution in [1.29, 1.82) is 0 Å². The van der Waals surface area contributed by atoms with Crippen LogP contribution in [0, 0.1) is 0 Å². The first kappa shape index (κ1) is 17.0. The normalized spacial score (nSPS) is 24.2. The van der Waals surface area contributed by atoms with Crippen molar-refractivity contribution in [2.75, 3.05) is 5.75 Å². The monoisotopic (exact) mass is 346 g/mol. The summed E-state index contributed by atoms with van der Waals surface area (Å²) in [5, 5.41) is 0.729. The second kappa shape index (κ2) is 7.80. The molecule has 124 valence electrons. The molecule has 0 bridgehead atoms. The summed E-state index contributed by atoms with van der Waals surface area (Å²) in [7, 11) is 0. The number of nitrogens with zero attached hydrogens (tertiary/aromatic N) is 2. The quantitative estimate of drug-likeness (QED) is 0.700. The van der Waals surface area contributed by atoms with Gasteiger partial charge in [-0.05, 0) is 30.4 Å². The van der Waals surface area contributed by atoms with Crippen molar-refractivity contribution < 1.29 is 0 Å². The van der Waals surface area contributed by atoms with E-state index in [-0.39, 0.29) is 4.08 Å². The summed E-state index contributed by atoms with van der Waals surface area (Å²) in [6.07, 6.45) is 10.8. The van der Waals surface area contributed by atoms with Gasteiger partial charge in [0.05, 0.1) is 10.4 Å². The number of rotatable bonds is 7. The van der Waals surface area contributed by atoms with E-state index in [4.69, 9.17) is 0 Å². The Morgan fingerprint density at radius 2 is 2.04 bits per heavy atom. The third-order valence-electron chi connectivity index (χ3n) is 4.30. The molecule has 4 heteroatoms. The Hall–Kier alpha value is -0.870. The fourth-order valence-electron chi connectivity index (χ4n) is 3.11. The van der Waals surface area contributed by atoms with Crippen LogP contribution in [0.25, 0.3) is 0 Å². The van der Waals surface area contributed by atoms with Crippen LogP contribution in [-0.4, -0.2) is 24.6 Å². The molecule has 2 aromatic rings. The van der Waals surface area contributed by atoms with Crippen molar-refractivity contribution in [1.82, 2.24) is 9.55 Å². The fraction of sp³-hybridized carbons (Fsp3) is 0.526. The third-order valence-corrected chi connectivity index (χ3v) is 7.89. The van der Waals surface area contributed by atoms with Crippen LogP contribution in [0.3, 0.4) is 0 Å². The van der Waals surface area contributed by atoms with Crippen LogP contribution in [0.1, 0.15) is 37.8 Å². The van der Waals surface area contributed by atoms with Crippen molar-refractivity contribution in [3.63, 3.8) is 0 Å². The second-order valence-corrected chi connectivity index (χ2v) is 9.97. The Bertz CT molecular complexity index is 594. The molecule has 3 rings (SSSR count). The molecule has 1 aliphatic heterocycles. The molecule has 0 amide bonds. The minimum Gasteiger partial charge on any atom is -0.335 e. The molecule has 2 unspecified atom stereocenters. The van der Waals surface area contributed by atoms with Gasteiger partial charge in [-0.1, -0.05) is 44.5 Å². The van der Waals surface area contributed by atoms with Crippen molar-refractivity contribution in [3.8, 4) is 0 Å². The highest BCUT2D eigenvalue weighted by molar-refractivity contribution is 8.21. The maximum absolute atomic E-state index is 4.21. The summed E-state index contributed by atoms with van der Waals surface area (Å²) in [5.41, 5.74) is 2.93. The molecule has 0 N–H and O–H groups in total. The number of benzene rings is 1. The van der Waals surface area contributed by atoms with E-state index in [2.05, 4.69) is 77.4 Å². The number of aromatic nitrogens is 2. The lowest BCUT2D eigenvalue weighted by molar-refractivity contribution is 0.625. The van der Waals surface area contributed by atoms with Crippen molar-refractivity contribution in [2.45, 2.75) is 55.4 Å². The van der Waals surface area contributed by atoms with E-state index in [9.17, 15) is 0 Å². The minimum atomic E-state index is 0.241. The van der Waals surface area contributed by atoms with Crippen LogP contribution in [0.15, 0.2) is 43.0 Å². The van der Waals surface area contributed by atoms with Crippen molar-refractivity contribution in [2.24, 2.45) is 0 Å². The third kappa shape index (κ3) is 4.57. The van der Waals surface area contributed by atoms with Crippen molar-refractivity contribution >= 4 is 23.5 Å². The Morgan fingerprint density at radius 1 is 1.26 bits per heavy atom. The van der Waals surface area contributed by atoms with E-state index in [0.29, 0.717) is 0 Å². The van der Waals surface area contributed by atoms with E-state index in [1.807, 2.05) is 12.5 Å². The zero-order valence-corrected chi connectivity index (χ0v) is 15.7. The van der Waals surface area contributed by atoms with E-state index in [1.54, 1.807) is 0 Å². The maximum atomic E-state index is 4.21. The van der Waals surface area contributed by atoms with E-state index < -0.39 is 0 Å². The number of thioether (sulfide) groups is 2. The number of hydrogen-bond donors (Lipinski definition) is 0. The van der Waals surface area contributed by atoms with Gasteiger partial charge in [0, 0.05) is 29.9 Å². The average molecular weight is 347 g/mol. The first-order valence-corrected chi connectivity index (χ1v) is 10.4. The van der Waals surface area contributed by atoms with Gasteiger partial charge in [-0.15, -0.1) is 23.5 Å². The van der Waals surface area contributed by atoms with E-state index in [1.165, 1.54) is 36.1 Å². The standard InChI is InChI=1S/C19H26N2S2/c1-3-4-5-17-6-8-18(9-7-17)12-19(22-13-16(2)23-19)14-21-11-10-20-15-21/h6-11,15-16H,3-5,12-14H2,1-2H3. The van der Waals surface area contributed by atoms with Crippen LogP contribution in [-0.2, 0) is 19.4 Å². The van der Waals surface area contributed by atoms with E-state index >= 15 is 0 Å². The summed E-state index contributed by atoms with van der Waals surface area (Å²) in [6, 6.07) is 9.32. The molecule has 0 saturated carbocycles. The molecule has 0 aliphatic carbocycles. The molecular formula is C19H26N2S2. The summed E-state index contributed by atoms with van der Waals surface area (Å²) in [4.78, 5) is 4.21. The molecule has 2 atom stereocenters. The summed E-state index contributed by atoms with van der Waals surface area (Å²) < 4.78 is 2.47. The molecule has 1 aromatic carbocycles. The summed E-state index contributed by atoms with van der Waals surface area (Å²) in [5.74, 6) is 1.24. The molecular weight excluding hydrogens is 320 g/mol. The van der Waals surface area contributed by atoms with Crippen LogP contribution >= 0.6 is 23.5 Å². The Balaban J connectivity index is 1.71. The Labute approximate surface area is 148 Å². The topological polar surface area (TPSA) is 17.8 Å². The zero-order chi connectivity index (χ0) is 16.1. The SMILES string of the molecule is CCCCc1ccc(CC2(Cn3ccnc3)SCC(C)S2)cc1. The molecule has 2 nitrogen and oxygen atoms in total. The highest BCUT2D eigenvalue weighted by Gasteiger charge is 2.39. The van der Waals surface area contributed by atoms with Crippen LogP contribution < -0.4 is 0 Å². The highest BCUT2D eigenvalue weighted by atomic mass is 32.2. The number of unbranched alkanes of at least 4 members (excludes halogenated alkanes) is 1. The summed E-state index contributed by atoms with van der Waals surface area (Å²) in [6.45, 7) is 5.63. The second-order valence-electron chi connectivity index (χ2n) is 6.48. The smallest absolute Gasteiger partial charge is 0.0946 e. The molecule has 1 aliphatic rings. The minimum absolute atomic E-state index is 0.241. The number of aryl methyl sites for hydroxylation is 1. The van der Waals surface area contributed by atoms with E-state index in [0.717, 1.165) is 18.2 Å². The molecule has 23 heavy (non-hydrogen) atoms. The average Bonchev–Trinajstić information content (AvgIpc) is 3.17. The van der Waals surface area contributed by atoms with Crippen molar-refractivity contribution in [3.05, 3.63) is 54.1 Å². The van der Waals surface area contributed by atoms with Gasteiger partial charge < -0.3 is 4.57 Å². The van der Waals surface area contributed by atoms with Gasteiger partial charge >= 0.3 is 0 Å². The lowest BCUT2D eigenvalue weighted by Crippen LogP contribution is -2.27. The summed E-state index contributed by atoms with van der Waals surface area (Å²) >= 11 is 4.26. The largest absolute Gasteiger partial charge is 0.335 e. The molecule has 1 aromatic heterocycles. The highest BCUT2D eigenvalue weighted by Crippen LogP contribution is 2.50. The molecule has 1 fully saturated rings. The lowest BCUT2D eigenvalue weighted by atomic mass is 10.0. The predicted molar refractivity (Wildman–Crippen MR) is 103 cm³/mol. The van der Waals surface area contributed by atoms with Crippen LogP contribution in [0.5, 0.6) is 0 Å². The number of hydrogen-bond acceptors (Lipinski definition) is 3. The maximum Gasteiger partial charge on any atom is 0.0946 e. The van der Waals surface area contributed by atoms with Gasteiger partial charge in [-0.3, -0.25) is 0 Å². The van der Waals surface area contributed by atoms with Gasteiger partial charge in [-0.2, -0.15) is 0 Å². The van der Waals surface area contributed by atoms with Gasteiger partial charge in [0.25, 0.3) is 0 Å². The van der Waals surface area contributed by atoms with Gasteiger partial charge in [-0.25, -0.2) is 4.98 Å². The number of imidazole rings is 1. The van der Waals surface area contributed by atoms with Crippen LogP contribution in [0.2, 0.25) is 0 Å². The molecule has 0 radical (unpaired) electrons. The van der Waals surface area contributed by atoms with Gasteiger partial charge in [0.15, 0.2) is 0 Å². The van der Waals surface area contributed by atoms with Crippen LogP contribution in [0.4, 0.5) is 0 Å². The first-order valence-electron chi connectivity index (χ1n) is 8.54. The Kier molecular flexibility index (Phi) is 5.76. The molecule has 1 saturated heterocycles. The lowest BCUT2D eigenvalue weighted by Gasteiger charge is -2.28. The molecule has 0 spiro atoms. The van der Waals surface area contributed by atoms with Gasteiger partial charge in [0.1, 0.15) is 0 Å².